The van der Waals surface area contributed by atoms with Crippen molar-refractivity contribution in [1.29, 1.82) is 0 Å². The molecular formula is C8H12O2. The lowest BCUT2D eigenvalue weighted by Gasteiger charge is -2.01. The van der Waals surface area contributed by atoms with E-state index in [2.05, 4.69) is 0 Å². The van der Waals surface area contributed by atoms with Crippen LogP contribution in [0.25, 0.3) is 0 Å². The minimum absolute atomic E-state index is 0.473. The molecule has 2 heteroatoms. The summed E-state index contributed by atoms with van der Waals surface area (Å²) in [6.07, 6.45) is 3.48. The first-order valence-electron chi connectivity index (χ1n) is 3.46. The molecule has 0 saturated heterocycles. The van der Waals surface area contributed by atoms with Gasteiger partial charge in [0.1, 0.15) is 0 Å². The summed E-state index contributed by atoms with van der Waals surface area (Å²) in [7, 11) is 0. The number of aliphatic carboxylic acids is 1. The number of hydrogen-bond acceptors (Lipinski definition) is 1. The molecule has 0 heterocycles. The van der Waals surface area contributed by atoms with Gasteiger partial charge in [0.2, 0.25) is 0 Å². The standard InChI is InChI=1S/C8H12O2/c1-6(2)5-8(3-4-8)7(9)10/h5H,3-4H2,1-2H3,(H,9,10). The van der Waals surface area contributed by atoms with E-state index in [1.807, 2.05) is 19.9 Å². The van der Waals surface area contributed by atoms with E-state index in [1.165, 1.54) is 0 Å². The van der Waals surface area contributed by atoms with Gasteiger partial charge in [0.05, 0.1) is 5.41 Å². The largest absolute Gasteiger partial charge is 0.481 e. The summed E-state index contributed by atoms with van der Waals surface area (Å²) < 4.78 is 0. The highest BCUT2D eigenvalue weighted by atomic mass is 16.4. The van der Waals surface area contributed by atoms with Gasteiger partial charge in [-0.25, -0.2) is 0 Å². The van der Waals surface area contributed by atoms with Gasteiger partial charge in [0, 0.05) is 0 Å². The van der Waals surface area contributed by atoms with E-state index in [-0.39, 0.29) is 0 Å². The maximum Gasteiger partial charge on any atom is 0.313 e. The van der Waals surface area contributed by atoms with E-state index in [9.17, 15) is 4.79 Å². The lowest BCUT2D eigenvalue weighted by atomic mass is 10.1. The van der Waals surface area contributed by atoms with Crippen molar-refractivity contribution in [3.05, 3.63) is 11.6 Å². The Bertz CT molecular complexity index is 183. The smallest absolute Gasteiger partial charge is 0.313 e. The fraction of sp³-hybridized carbons (Fsp3) is 0.625. The highest BCUT2D eigenvalue weighted by Gasteiger charge is 2.47. The van der Waals surface area contributed by atoms with Gasteiger partial charge < -0.3 is 5.11 Å². The summed E-state index contributed by atoms with van der Waals surface area (Å²) in [6.45, 7) is 3.87. The lowest BCUT2D eigenvalue weighted by molar-refractivity contribution is -0.141. The topological polar surface area (TPSA) is 37.3 Å². The van der Waals surface area contributed by atoms with Gasteiger partial charge in [-0.15, -0.1) is 0 Å². The van der Waals surface area contributed by atoms with E-state index in [1.54, 1.807) is 0 Å². The SMILES string of the molecule is CC(C)=CC1(C(=O)O)CC1. The van der Waals surface area contributed by atoms with Crippen LogP contribution in [0.4, 0.5) is 0 Å². The molecular weight excluding hydrogens is 128 g/mol. The highest BCUT2D eigenvalue weighted by molar-refractivity contribution is 5.80. The fourth-order valence-corrected chi connectivity index (χ4v) is 1.11. The summed E-state index contributed by atoms with van der Waals surface area (Å²) >= 11 is 0. The molecule has 1 aliphatic rings. The van der Waals surface area contributed by atoms with Gasteiger partial charge in [-0.05, 0) is 26.7 Å². The Morgan fingerprint density at radius 3 is 2.10 bits per heavy atom. The van der Waals surface area contributed by atoms with Crippen LogP contribution < -0.4 is 0 Å². The Morgan fingerprint density at radius 1 is 1.50 bits per heavy atom. The molecule has 0 aliphatic heterocycles. The van der Waals surface area contributed by atoms with Crippen LogP contribution in [0.5, 0.6) is 0 Å². The molecule has 1 aliphatic carbocycles. The third kappa shape index (κ3) is 1.20. The van der Waals surface area contributed by atoms with Gasteiger partial charge in [-0.2, -0.15) is 0 Å². The van der Waals surface area contributed by atoms with Crippen molar-refractivity contribution in [3.63, 3.8) is 0 Å². The first kappa shape index (κ1) is 7.32. The third-order valence-electron chi connectivity index (χ3n) is 1.78. The van der Waals surface area contributed by atoms with E-state index < -0.39 is 11.4 Å². The summed E-state index contributed by atoms with van der Waals surface area (Å²) in [5.74, 6) is -0.672. The van der Waals surface area contributed by atoms with Gasteiger partial charge in [-0.1, -0.05) is 11.6 Å². The van der Waals surface area contributed by atoms with Crippen LogP contribution in [0.3, 0.4) is 0 Å². The molecule has 1 rings (SSSR count). The number of rotatable bonds is 2. The van der Waals surface area contributed by atoms with Crippen LogP contribution in [0.15, 0.2) is 11.6 Å². The third-order valence-corrected chi connectivity index (χ3v) is 1.78. The molecule has 0 spiro atoms. The van der Waals surface area contributed by atoms with Crippen LogP contribution >= 0.6 is 0 Å². The normalized spacial score (nSPS) is 19.8. The molecule has 0 atom stereocenters. The Labute approximate surface area is 60.6 Å². The quantitative estimate of drug-likeness (QED) is 0.594. The average Bonchev–Trinajstić information content (AvgIpc) is 2.46. The molecule has 0 bridgehead atoms. The molecule has 0 radical (unpaired) electrons. The molecule has 2 nitrogen and oxygen atoms in total. The van der Waals surface area contributed by atoms with Crippen molar-refractivity contribution in [2.45, 2.75) is 26.7 Å². The van der Waals surface area contributed by atoms with Crippen LogP contribution in [0.1, 0.15) is 26.7 Å². The van der Waals surface area contributed by atoms with Gasteiger partial charge >= 0.3 is 5.97 Å². The molecule has 56 valence electrons. The number of hydrogen-bond donors (Lipinski definition) is 1. The van der Waals surface area contributed by atoms with Crippen LogP contribution in [0, 0.1) is 5.41 Å². The van der Waals surface area contributed by atoms with Crippen molar-refractivity contribution >= 4 is 5.97 Å². The predicted octanol–water partition coefficient (Wildman–Crippen LogP) is 1.82. The molecule has 0 unspecified atom stereocenters. The molecule has 0 aromatic heterocycles. The average molecular weight is 140 g/mol. The van der Waals surface area contributed by atoms with Crippen molar-refractivity contribution < 1.29 is 9.90 Å². The van der Waals surface area contributed by atoms with E-state index in [0.717, 1.165) is 18.4 Å². The number of carboxylic acids is 1. The van der Waals surface area contributed by atoms with Crippen molar-refractivity contribution in [2.75, 3.05) is 0 Å². The van der Waals surface area contributed by atoms with Crippen LogP contribution in [0.2, 0.25) is 0 Å². The lowest BCUT2D eigenvalue weighted by Crippen LogP contribution is -2.11. The minimum atomic E-state index is -0.672. The molecule has 0 aromatic rings. The fourth-order valence-electron chi connectivity index (χ4n) is 1.11. The first-order valence-corrected chi connectivity index (χ1v) is 3.46. The predicted molar refractivity (Wildman–Crippen MR) is 38.7 cm³/mol. The van der Waals surface area contributed by atoms with Gasteiger partial charge in [0.25, 0.3) is 0 Å². The Kier molecular flexibility index (Phi) is 1.55. The minimum Gasteiger partial charge on any atom is -0.481 e. The second kappa shape index (κ2) is 2.11. The molecule has 1 N–H and O–H groups in total. The second-order valence-electron chi connectivity index (χ2n) is 3.18. The Hall–Kier alpha value is -0.790. The van der Waals surface area contributed by atoms with Gasteiger partial charge in [0.15, 0.2) is 0 Å². The molecule has 1 saturated carbocycles. The van der Waals surface area contributed by atoms with E-state index in [4.69, 9.17) is 5.11 Å². The molecule has 0 aromatic carbocycles. The maximum absolute atomic E-state index is 10.6. The summed E-state index contributed by atoms with van der Waals surface area (Å²) in [6, 6.07) is 0. The number of carboxylic acid groups (broad SMARTS) is 1. The molecule has 0 amide bonds. The van der Waals surface area contributed by atoms with Crippen molar-refractivity contribution in [1.82, 2.24) is 0 Å². The summed E-state index contributed by atoms with van der Waals surface area (Å²) in [4.78, 5) is 10.6. The Morgan fingerprint density at radius 2 is 2.00 bits per heavy atom. The van der Waals surface area contributed by atoms with Crippen molar-refractivity contribution in [2.24, 2.45) is 5.41 Å². The Balaban J connectivity index is 2.71. The highest BCUT2D eigenvalue weighted by Crippen LogP contribution is 2.47. The van der Waals surface area contributed by atoms with Gasteiger partial charge in [-0.3, -0.25) is 4.79 Å². The number of carbonyl (C=O) groups is 1. The van der Waals surface area contributed by atoms with Crippen LogP contribution in [-0.4, -0.2) is 11.1 Å². The first-order chi connectivity index (χ1) is 4.57. The monoisotopic (exact) mass is 140 g/mol. The zero-order chi connectivity index (χ0) is 7.78. The van der Waals surface area contributed by atoms with E-state index in [0.29, 0.717) is 0 Å². The van der Waals surface area contributed by atoms with E-state index >= 15 is 0 Å². The zero-order valence-corrected chi connectivity index (χ0v) is 6.35. The zero-order valence-electron chi connectivity index (χ0n) is 6.35. The summed E-state index contributed by atoms with van der Waals surface area (Å²) in [5.41, 5.74) is 0.624. The number of allylic oxidation sites excluding steroid dienone is 1. The summed E-state index contributed by atoms with van der Waals surface area (Å²) in [5, 5.41) is 8.71. The molecule has 1 fully saturated rings. The second-order valence-corrected chi connectivity index (χ2v) is 3.18. The van der Waals surface area contributed by atoms with Crippen molar-refractivity contribution in [3.8, 4) is 0 Å². The molecule has 10 heavy (non-hydrogen) atoms. The van der Waals surface area contributed by atoms with Crippen LogP contribution in [-0.2, 0) is 4.79 Å². The maximum atomic E-state index is 10.6.